The molecule has 2 heteroatoms. The second-order valence-corrected chi connectivity index (χ2v) is 5.22. The van der Waals surface area contributed by atoms with Gasteiger partial charge in [0.1, 0.15) is 11.5 Å². The van der Waals surface area contributed by atoms with Gasteiger partial charge in [-0.15, -0.1) is 0 Å². The molecule has 0 aliphatic carbocycles. The molecule has 0 saturated carbocycles. The number of hydrogen-bond donors (Lipinski definition) is 1. The largest absolute Gasteiger partial charge is 0.466 e. The van der Waals surface area contributed by atoms with Gasteiger partial charge in [-0.2, -0.15) is 0 Å². The Balaban J connectivity index is 2.30. The molecule has 2 aromatic rings. The van der Waals surface area contributed by atoms with Crippen LogP contribution in [-0.4, -0.2) is 0 Å². The highest BCUT2D eigenvalue weighted by molar-refractivity contribution is 5.40. The highest BCUT2D eigenvalue weighted by Crippen LogP contribution is 2.29. The van der Waals surface area contributed by atoms with Crippen LogP contribution in [0.25, 0.3) is 0 Å². The first-order valence-corrected chi connectivity index (χ1v) is 6.95. The van der Waals surface area contributed by atoms with E-state index in [0.717, 1.165) is 29.1 Å². The summed E-state index contributed by atoms with van der Waals surface area (Å²) in [6, 6.07) is 8.52. The van der Waals surface area contributed by atoms with E-state index in [1.807, 2.05) is 13.8 Å². The SMILES string of the molecule is CCCc1ccc(C(N)c2c(C)oc(C)c2C)cc1. The molecule has 0 radical (unpaired) electrons. The van der Waals surface area contributed by atoms with E-state index in [-0.39, 0.29) is 6.04 Å². The standard InChI is InChI=1S/C17H23NO/c1-5-6-14-7-9-15(10-8-14)17(18)16-11(2)12(3)19-13(16)4/h7-10,17H,5-6,18H2,1-4H3. The molecule has 2 rings (SSSR count). The fourth-order valence-electron chi connectivity index (χ4n) is 2.61. The zero-order chi connectivity index (χ0) is 14.0. The Morgan fingerprint density at radius 1 is 1.05 bits per heavy atom. The van der Waals surface area contributed by atoms with Gasteiger partial charge in [-0.25, -0.2) is 0 Å². The average molecular weight is 257 g/mol. The predicted molar refractivity (Wildman–Crippen MR) is 79.4 cm³/mol. The Morgan fingerprint density at radius 3 is 2.16 bits per heavy atom. The molecule has 0 fully saturated rings. The van der Waals surface area contributed by atoms with Gasteiger partial charge in [0, 0.05) is 5.56 Å². The zero-order valence-electron chi connectivity index (χ0n) is 12.3. The van der Waals surface area contributed by atoms with Gasteiger partial charge in [0.05, 0.1) is 6.04 Å². The lowest BCUT2D eigenvalue weighted by Crippen LogP contribution is -2.13. The summed E-state index contributed by atoms with van der Waals surface area (Å²) in [6.45, 7) is 8.25. The predicted octanol–water partition coefficient (Wildman–Crippen LogP) is 4.21. The van der Waals surface area contributed by atoms with E-state index < -0.39 is 0 Å². The summed E-state index contributed by atoms with van der Waals surface area (Å²) in [6.07, 6.45) is 2.29. The third-order valence-corrected chi connectivity index (χ3v) is 3.81. The number of benzene rings is 1. The van der Waals surface area contributed by atoms with E-state index >= 15 is 0 Å². The van der Waals surface area contributed by atoms with Crippen molar-refractivity contribution in [2.45, 2.75) is 46.6 Å². The molecule has 2 N–H and O–H groups in total. The van der Waals surface area contributed by atoms with Crippen LogP contribution in [0.1, 0.15) is 53.2 Å². The number of aryl methyl sites for hydroxylation is 3. The van der Waals surface area contributed by atoms with Crippen LogP contribution in [0, 0.1) is 20.8 Å². The topological polar surface area (TPSA) is 39.2 Å². The molecule has 0 aliphatic heterocycles. The van der Waals surface area contributed by atoms with Crippen LogP contribution in [0.4, 0.5) is 0 Å². The molecule has 1 heterocycles. The van der Waals surface area contributed by atoms with Crippen LogP contribution < -0.4 is 5.73 Å². The van der Waals surface area contributed by atoms with Crippen molar-refractivity contribution in [2.75, 3.05) is 0 Å². The lowest BCUT2D eigenvalue weighted by Gasteiger charge is -2.13. The Morgan fingerprint density at radius 2 is 1.68 bits per heavy atom. The van der Waals surface area contributed by atoms with Crippen LogP contribution in [0.15, 0.2) is 28.7 Å². The zero-order valence-corrected chi connectivity index (χ0v) is 12.3. The van der Waals surface area contributed by atoms with Crippen molar-refractivity contribution in [3.63, 3.8) is 0 Å². The van der Waals surface area contributed by atoms with Crippen molar-refractivity contribution in [1.82, 2.24) is 0 Å². The van der Waals surface area contributed by atoms with Crippen molar-refractivity contribution >= 4 is 0 Å². The first kappa shape index (κ1) is 13.9. The minimum Gasteiger partial charge on any atom is -0.466 e. The second kappa shape index (κ2) is 5.62. The van der Waals surface area contributed by atoms with Gasteiger partial charge in [0.15, 0.2) is 0 Å². The van der Waals surface area contributed by atoms with Gasteiger partial charge in [0.2, 0.25) is 0 Å². The third-order valence-electron chi connectivity index (χ3n) is 3.81. The van der Waals surface area contributed by atoms with Crippen LogP contribution in [0.2, 0.25) is 0 Å². The van der Waals surface area contributed by atoms with Gasteiger partial charge in [-0.3, -0.25) is 0 Å². The monoisotopic (exact) mass is 257 g/mol. The summed E-state index contributed by atoms with van der Waals surface area (Å²) in [7, 11) is 0. The van der Waals surface area contributed by atoms with Crippen LogP contribution >= 0.6 is 0 Å². The van der Waals surface area contributed by atoms with Crippen LogP contribution in [0.3, 0.4) is 0 Å². The van der Waals surface area contributed by atoms with Gasteiger partial charge >= 0.3 is 0 Å². The quantitative estimate of drug-likeness (QED) is 0.891. The molecule has 1 unspecified atom stereocenters. The molecule has 0 spiro atoms. The molecular weight excluding hydrogens is 234 g/mol. The van der Waals surface area contributed by atoms with Crippen molar-refractivity contribution in [2.24, 2.45) is 5.73 Å². The maximum Gasteiger partial charge on any atom is 0.106 e. The summed E-state index contributed by atoms with van der Waals surface area (Å²) in [5, 5.41) is 0. The summed E-state index contributed by atoms with van der Waals surface area (Å²) in [5.74, 6) is 1.89. The highest BCUT2D eigenvalue weighted by atomic mass is 16.3. The van der Waals surface area contributed by atoms with Crippen molar-refractivity contribution in [3.8, 4) is 0 Å². The van der Waals surface area contributed by atoms with Gasteiger partial charge in [-0.1, -0.05) is 37.6 Å². The summed E-state index contributed by atoms with van der Waals surface area (Å²) >= 11 is 0. The molecule has 0 bridgehead atoms. The van der Waals surface area contributed by atoms with E-state index in [0.29, 0.717) is 0 Å². The molecule has 0 saturated heterocycles. The van der Waals surface area contributed by atoms with Crippen LogP contribution in [0.5, 0.6) is 0 Å². The summed E-state index contributed by atoms with van der Waals surface area (Å²) in [5.41, 5.74) is 11.2. The highest BCUT2D eigenvalue weighted by Gasteiger charge is 2.19. The van der Waals surface area contributed by atoms with E-state index in [1.165, 1.54) is 17.5 Å². The van der Waals surface area contributed by atoms with Crippen molar-refractivity contribution in [3.05, 3.63) is 58.0 Å². The summed E-state index contributed by atoms with van der Waals surface area (Å²) in [4.78, 5) is 0. The van der Waals surface area contributed by atoms with E-state index in [9.17, 15) is 0 Å². The number of furan rings is 1. The number of hydrogen-bond acceptors (Lipinski definition) is 2. The molecule has 1 aromatic heterocycles. The Kier molecular flexibility index (Phi) is 4.11. The normalized spacial score (nSPS) is 12.7. The fourth-order valence-corrected chi connectivity index (χ4v) is 2.61. The number of nitrogens with two attached hydrogens (primary N) is 1. The van der Waals surface area contributed by atoms with Gasteiger partial charge in [0.25, 0.3) is 0 Å². The van der Waals surface area contributed by atoms with Crippen LogP contribution in [-0.2, 0) is 6.42 Å². The fraction of sp³-hybridized carbons (Fsp3) is 0.412. The first-order valence-electron chi connectivity index (χ1n) is 6.95. The molecule has 1 aromatic carbocycles. The first-order chi connectivity index (χ1) is 9.04. The molecule has 19 heavy (non-hydrogen) atoms. The minimum atomic E-state index is -0.104. The third kappa shape index (κ3) is 2.74. The smallest absolute Gasteiger partial charge is 0.106 e. The maximum absolute atomic E-state index is 6.40. The minimum absolute atomic E-state index is 0.104. The number of rotatable bonds is 4. The lowest BCUT2D eigenvalue weighted by atomic mass is 9.95. The van der Waals surface area contributed by atoms with E-state index in [4.69, 9.17) is 10.2 Å². The maximum atomic E-state index is 6.40. The molecular formula is C17H23NO. The van der Waals surface area contributed by atoms with E-state index in [2.05, 4.69) is 38.1 Å². The average Bonchev–Trinajstić information content (AvgIpc) is 2.64. The van der Waals surface area contributed by atoms with Gasteiger partial charge < -0.3 is 10.2 Å². The Labute approximate surface area is 115 Å². The molecule has 2 nitrogen and oxygen atoms in total. The molecule has 0 aliphatic rings. The van der Waals surface area contributed by atoms with Gasteiger partial charge in [-0.05, 0) is 43.9 Å². The Hall–Kier alpha value is -1.54. The second-order valence-electron chi connectivity index (χ2n) is 5.22. The van der Waals surface area contributed by atoms with Crippen molar-refractivity contribution in [1.29, 1.82) is 0 Å². The molecule has 0 amide bonds. The lowest BCUT2D eigenvalue weighted by molar-refractivity contribution is 0.498. The molecule has 1 atom stereocenters. The molecule has 102 valence electrons. The van der Waals surface area contributed by atoms with E-state index in [1.54, 1.807) is 0 Å². The Bertz CT molecular complexity index is 551. The van der Waals surface area contributed by atoms with Crippen molar-refractivity contribution < 1.29 is 4.42 Å². The summed E-state index contributed by atoms with van der Waals surface area (Å²) < 4.78 is 5.67.